The van der Waals surface area contributed by atoms with Gasteiger partial charge in [0.25, 0.3) is 0 Å². The van der Waals surface area contributed by atoms with Crippen molar-refractivity contribution in [1.29, 1.82) is 0 Å². The third-order valence-corrected chi connectivity index (χ3v) is 3.49. The van der Waals surface area contributed by atoms with Crippen molar-refractivity contribution in [3.8, 4) is 5.75 Å². The van der Waals surface area contributed by atoms with Crippen LogP contribution >= 0.6 is 0 Å². The van der Waals surface area contributed by atoms with E-state index in [1.165, 1.54) is 12.0 Å². The topological polar surface area (TPSA) is 38.5 Å². The highest BCUT2D eigenvalue weighted by Gasteiger charge is 2.23. The van der Waals surface area contributed by atoms with E-state index >= 15 is 0 Å². The fraction of sp³-hybridized carbons (Fsp3) is 0.625. The molecule has 0 aliphatic carbocycles. The molecule has 2 unspecified atom stereocenters. The average molecular weight is 264 g/mol. The van der Waals surface area contributed by atoms with Gasteiger partial charge in [0.15, 0.2) is 0 Å². The van der Waals surface area contributed by atoms with Gasteiger partial charge in [-0.25, -0.2) is 0 Å². The first-order chi connectivity index (χ1) is 8.97. The highest BCUT2D eigenvalue weighted by molar-refractivity contribution is 5.36. The summed E-state index contributed by atoms with van der Waals surface area (Å²) in [6, 6.07) is 8.40. The minimum atomic E-state index is 0.0634. The van der Waals surface area contributed by atoms with Crippen LogP contribution in [0, 0.1) is 5.92 Å². The number of benzene rings is 1. The minimum Gasteiger partial charge on any atom is -0.496 e. The Hall–Kier alpha value is -1.06. The second-order valence-corrected chi connectivity index (χ2v) is 5.71. The first-order valence-electron chi connectivity index (χ1n) is 7.06. The van der Waals surface area contributed by atoms with Crippen LogP contribution in [0.5, 0.6) is 5.75 Å². The van der Waals surface area contributed by atoms with E-state index in [2.05, 4.69) is 38.8 Å². The lowest BCUT2D eigenvalue weighted by molar-refractivity contribution is 0.203. The van der Waals surface area contributed by atoms with E-state index in [-0.39, 0.29) is 12.1 Å². The highest BCUT2D eigenvalue weighted by Crippen LogP contribution is 2.30. The molecule has 1 rings (SSSR count). The summed E-state index contributed by atoms with van der Waals surface area (Å²) >= 11 is 0. The molecule has 0 radical (unpaired) electrons. The van der Waals surface area contributed by atoms with Gasteiger partial charge in [-0.05, 0) is 38.9 Å². The van der Waals surface area contributed by atoms with Gasteiger partial charge in [-0.3, -0.25) is 4.90 Å². The summed E-state index contributed by atoms with van der Waals surface area (Å²) in [5.41, 5.74) is 7.37. The SMILES string of the molecule is COc1ccccc1C(C(C)N)N(C)CCC(C)C. The van der Waals surface area contributed by atoms with Gasteiger partial charge in [0.2, 0.25) is 0 Å². The number of para-hydroxylation sites is 1. The number of likely N-dealkylation sites (N-methyl/N-ethyl adjacent to an activating group) is 1. The Bertz CT molecular complexity index is 377. The van der Waals surface area contributed by atoms with Crippen molar-refractivity contribution < 1.29 is 4.74 Å². The number of ether oxygens (including phenoxy) is 1. The Morgan fingerprint density at radius 1 is 1.21 bits per heavy atom. The van der Waals surface area contributed by atoms with E-state index < -0.39 is 0 Å². The Morgan fingerprint density at radius 3 is 2.37 bits per heavy atom. The molecule has 1 aromatic rings. The number of nitrogens with two attached hydrogens (primary N) is 1. The van der Waals surface area contributed by atoms with Gasteiger partial charge in [-0.15, -0.1) is 0 Å². The Morgan fingerprint density at radius 2 is 1.84 bits per heavy atom. The van der Waals surface area contributed by atoms with Crippen molar-refractivity contribution >= 4 is 0 Å². The normalized spacial score (nSPS) is 14.7. The van der Waals surface area contributed by atoms with Gasteiger partial charge in [0.05, 0.1) is 13.2 Å². The van der Waals surface area contributed by atoms with Crippen LogP contribution < -0.4 is 10.5 Å². The molecule has 0 heterocycles. The molecule has 0 bridgehead atoms. The number of methoxy groups -OCH3 is 1. The van der Waals surface area contributed by atoms with Crippen molar-refractivity contribution in [2.45, 2.75) is 39.3 Å². The predicted molar refractivity (Wildman–Crippen MR) is 81.5 cm³/mol. The van der Waals surface area contributed by atoms with Crippen LogP contribution in [0.3, 0.4) is 0 Å². The van der Waals surface area contributed by atoms with Crippen LogP contribution in [0.15, 0.2) is 24.3 Å². The molecule has 0 amide bonds. The molecule has 0 saturated carbocycles. The third-order valence-electron chi connectivity index (χ3n) is 3.49. The third kappa shape index (κ3) is 4.51. The van der Waals surface area contributed by atoms with E-state index in [9.17, 15) is 0 Å². The lowest BCUT2D eigenvalue weighted by Gasteiger charge is -2.32. The van der Waals surface area contributed by atoms with Crippen LogP contribution in [0.1, 0.15) is 38.8 Å². The molecule has 0 aromatic heterocycles. The molecule has 0 spiro atoms. The molecule has 19 heavy (non-hydrogen) atoms. The Balaban J connectivity index is 2.93. The van der Waals surface area contributed by atoms with Gasteiger partial charge in [-0.2, -0.15) is 0 Å². The monoisotopic (exact) mass is 264 g/mol. The number of nitrogens with zero attached hydrogens (tertiary/aromatic N) is 1. The quantitative estimate of drug-likeness (QED) is 0.822. The lowest BCUT2D eigenvalue weighted by atomic mass is 9.98. The van der Waals surface area contributed by atoms with Crippen LogP contribution in [-0.2, 0) is 0 Å². The first-order valence-corrected chi connectivity index (χ1v) is 7.06. The second-order valence-electron chi connectivity index (χ2n) is 5.71. The molecular weight excluding hydrogens is 236 g/mol. The summed E-state index contributed by atoms with van der Waals surface area (Å²) in [6.07, 6.45) is 1.18. The van der Waals surface area contributed by atoms with Crippen molar-refractivity contribution in [2.24, 2.45) is 11.7 Å². The molecule has 1 aromatic carbocycles. The Labute approximate surface area is 117 Å². The summed E-state index contributed by atoms with van der Waals surface area (Å²) in [4.78, 5) is 2.34. The summed E-state index contributed by atoms with van der Waals surface area (Å²) < 4.78 is 5.47. The van der Waals surface area contributed by atoms with Gasteiger partial charge in [-0.1, -0.05) is 32.0 Å². The summed E-state index contributed by atoms with van der Waals surface area (Å²) in [5, 5.41) is 0. The van der Waals surface area contributed by atoms with Crippen molar-refractivity contribution in [2.75, 3.05) is 20.7 Å². The summed E-state index contributed by atoms with van der Waals surface area (Å²) in [6.45, 7) is 7.60. The summed E-state index contributed by atoms with van der Waals surface area (Å²) in [7, 11) is 3.86. The average Bonchev–Trinajstić information content (AvgIpc) is 2.36. The van der Waals surface area contributed by atoms with Crippen molar-refractivity contribution in [3.05, 3.63) is 29.8 Å². The minimum absolute atomic E-state index is 0.0634. The van der Waals surface area contributed by atoms with Crippen molar-refractivity contribution in [3.63, 3.8) is 0 Å². The Kier molecular flexibility index (Phi) is 6.32. The number of rotatable bonds is 7. The maximum absolute atomic E-state index is 6.20. The van der Waals surface area contributed by atoms with Crippen LogP contribution in [-0.4, -0.2) is 31.6 Å². The summed E-state index contributed by atoms with van der Waals surface area (Å²) in [5.74, 6) is 1.62. The molecule has 2 atom stereocenters. The predicted octanol–water partition coefficient (Wildman–Crippen LogP) is 3.06. The molecule has 0 aliphatic heterocycles. The van der Waals surface area contributed by atoms with E-state index in [0.717, 1.165) is 12.3 Å². The van der Waals surface area contributed by atoms with Crippen LogP contribution in [0.25, 0.3) is 0 Å². The maximum atomic E-state index is 6.20. The zero-order chi connectivity index (χ0) is 14.4. The van der Waals surface area contributed by atoms with E-state index in [1.54, 1.807) is 7.11 Å². The zero-order valence-corrected chi connectivity index (χ0v) is 12.9. The molecular formula is C16H28N2O. The first kappa shape index (κ1) is 16.0. The van der Waals surface area contributed by atoms with Gasteiger partial charge in [0, 0.05) is 11.6 Å². The lowest BCUT2D eigenvalue weighted by Crippen LogP contribution is -2.38. The number of hydrogen-bond acceptors (Lipinski definition) is 3. The highest BCUT2D eigenvalue weighted by atomic mass is 16.5. The molecule has 3 nitrogen and oxygen atoms in total. The maximum Gasteiger partial charge on any atom is 0.123 e. The van der Waals surface area contributed by atoms with E-state index in [1.807, 2.05) is 18.2 Å². The molecule has 108 valence electrons. The largest absolute Gasteiger partial charge is 0.496 e. The second kappa shape index (κ2) is 7.51. The molecule has 2 N–H and O–H groups in total. The molecule has 0 aliphatic rings. The standard InChI is InChI=1S/C16H28N2O/c1-12(2)10-11-18(4)16(13(3)17)14-8-6-7-9-15(14)19-5/h6-9,12-13,16H,10-11,17H2,1-5H3. The molecule has 3 heteroatoms. The van der Waals surface area contributed by atoms with Gasteiger partial charge < -0.3 is 10.5 Å². The van der Waals surface area contributed by atoms with Crippen molar-refractivity contribution in [1.82, 2.24) is 4.90 Å². The fourth-order valence-electron chi connectivity index (χ4n) is 2.43. The van der Waals surface area contributed by atoms with Gasteiger partial charge in [0.1, 0.15) is 5.75 Å². The van der Waals surface area contributed by atoms with Crippen LogP contribution in [0.2, 0.25) is 0 Å². The number of hydrogen-bond donors (Lipinski definition) is 1. The fourth-order valence-corrected chi connectivity index (χ4v) is 2.43. The van der Waals surface area contributed by atoms with Crippen LogP contribution in [0.4, 0.5) is 0 Å². The smallest absolute Gasteiger partial charge is 0.123 e. The molecule has 0 saturated heterocycles. The van der Waals surface area contributed by atoms with E-state index in [0.29, 0.717) is 5.92 Å². The van der Waals surface area contributed by atoms with E-state index in [4.69, 9.17) is 10.5 Å². The zero-order valence-electron chi connectivity index (χ0n) is 12.9. The molecule has 0 fully saturated rings. The van der Waals surface area contributed by atoms with Gasteiger partial charge >= 0.3 is 0 Å².